The monoisotopic (exact) mass is 478 g/mol. The number of thiocarbonyl (C=S) groups is 1. The zero-order valence-corrected chi connectivity index (χ0v) is 18.2. The Balaban J connectivity index is 2.35. The molecule has 0 saturated carbocycles. The fraction of sp³-hybridized carbons (Fsp3) is 0.316. The first-order chi connectivity index (χ1) is 14.5. The summed E-state index contributed by atoms with van der Waals surface area (Å²) in [5.41, 5.74) is -1.27. The zero-order chi connectivity index (χ0) is 23.3. The highest BCUT2D eigenvalue weighted by atomic mass is 32.1. The lowest BCUT2D eigenvalue weighted by molar-refractivity contribution is -0.137. The highest BCUT2D eigenvalue weighted by Crippen LogP contribution is 2.35. The lowest BCUT2D eigenvalue weighted by atomic mass is 10.1. The predicted octanol–water partition coefficient (Wildman–Crippen LogP) is 5.38. The molecule has 2 rings (SSSR count). The summed E-state index contributed by atoms with van der Waals surface area (Å²) >= 11 is 5.91. The van der Waals surface area contributed by atoms with Gasteiger partial charge in [-0.05, 0) is 56.8 Å². The van der Waals surface area contributed by atoms with Crippen LogP contribution in [-0.4, -0.2) is 30.3 Å². The highest BCUT2D eigenvalue weighted by Gasteiger charge is 2.31. The molecule has 1 aromatic heterocycles. The molecule has 0 aliphatic heterocycles. The second-order valence-electron chi connectivity index (χ2n) is 5.97. The van der Waals surface area contributed by atoms with E-state index in [1.54, 1.807) is 13.8 Å². The lowest BCUT2D eigenvalue weighted by Gasteiger charge is -2.13. The number of rotatable bonds is 6. The molecule has 31 heavy (non-hydrogen) atoms. The van der Waals surface area contributed by atoms with Crippen molar-refractivity contribution in [3.63, 3.8) is 0 Å². The summed E-state index contributed by atoms with van der Waals surface area (Å²) in [6.45, 7) is 4.92. The van der Waals surface area contributed by atoms with E-state index in [1.165, 1.54) is 6.92 Å². The van der Waals surface area contributed by atoms with Crippen molar-refractivity contribution in [2.45, 2.75) is 26.9 Å². The van der Waals surface area contributed by atoms with Crippen LogP contribution in [0.5, 0.6) is 0 Å². The number of hydrogen-bond acceptors (Lipinski definition) is 6. The van der Waals surface area contributed by atoms with E-state index in [2.05, 4.69) is 10.6 Å². The maximum absolute atomic E-state index is 14.0. The summed E-state index contributed by atoms with van der Waals surface area (Å²) in [4.78, 5) is 24.7. The van der Waals surface area contributed by atoms with Gasteiger partial charge in [-0.1, -0.05) is 0 Å². The number of carbonyl (C=O) groups is 2. The first-order valence-electron chi connectivity index (χ1n) is 8.91. The Morgan fingerprint density at radius 2 is 1.71 bits per heavy atom. The predicted molar refractivity (Wildman–Crippen MR) is 112 cm³/mol. The van der Waals surface area contributed by atoms with Crippen LogP contribution in [0.25, 0.3) is 0 Å². The Morgan fingerprint density at radius 1 is 1.10 bits per heavy atom. The van der Waals surface area contributed by atoms with E-state index in [9.17, 15) is 27.2 Å². The van der Waals surface area contributed by atoms with Gasteiger partial charge in [0.15, 0.2) is 5.11 Å². The molecule has 168 valence electrons. The number of carbonyl (C=O) groups excluding carboxylic acids is 2. The van der Waals surface area contributed by atoms with Gasteiger partial charge in [0.1, 0.15) is 15.7 Å². The molecule has 6 nitrogen and oxygen atoms in total. The molecule has 0 aliphatic rings. The van der Waals surface area contributed by atoms with Crippen molar-refractivity contribution >= 4 is 51.3 Å². The SMILES string of the molecule is CCOC(=O)c1sc(NC(=S)Nc2cc(C(F)(F)F)ccc2F)c(C(=O)OCC)c1C. The van der Waals surface area contributed by atoms with E-state index in [4.69, 9.17) is 21.7 Å². The summed E-state index contributed by atoms with van der Waals surface area (Å²) in [7, 11) is 0. The molecule has 0 amide bonds. The molecule has 0 radical (unpaired) electrons. The van der Waals surface area contributed by atoms with Gasteiger partial charge < -0.3 is 20.1 Å². The number of benzene rings is 1. The van der Waals surface area contributed by atoms with Crippen molar-refractivity contribution in [1.29, 1.82) is 0 Å². The van der Waals surface area contributed by atoms with Crippen LogP contribution in [0.1, 0.15) is 45.0 Å². The topological polar surface area (TPSA) is 76.7 Å². The molecule has 0 unspecified atom stereocenters. The van der Waals surface area contributed by atoms with Gasteiger partial charge in [-0.3, -0.25) is 0 Å². The Morgan fingerprint density at radius 3 is 2.29 bits per heavy atom. The summed E-state index contributed by atoms with van der Waals surface area (Å²) in [6.07, 6.45) is -4.67. The molecule has 0 fully saturated rings. The molecule has 0 spiro atoms. The third kappa shape index (κ3) is 5.91. The highest BCUT2D eigenvalue weighted by molar-refractivity contribution is 7.80. The number of anilines is 2. The number of nitrogens with one attached hydrogen (secondary N) is 2. The first-order valence-corrected chi connectivity index (χ1v) is 10.1. The van der Waals surface area contributed by atoms with E-state index < -0.39 is 35.2 Å². The summed E-state index contributed by atoms with van der Waals surface area (Å²) in [5.74, 6) is -2.36. The van der Waals surface area contributed by atoms with Crippen molar-refractivity contribution in [2.24, 2.45) is 0 Å². The van der Waals surface area contributed by atoms with Crippen LogP contribution >= 0.6 is 23.6 Å². The summed E-state index contributed by atoms with van der Waals surface area (Å²) in [6, 6.07) is 1.83. The minimum Gasteiger partial charge on any atom is -0.462 e. The average molecular weight is 478 g/mol. The molecular formula is C19H18F4N2O4S2. The molecular weight excluding hydrogens is 460 g/mol. The third-order valence-corrected chi connectivity index (χ3v) is 5.25. The van der Waals surface area contributed by atoms with Crippen LogP contribution < -0.4 is 10.6 Å². The van der Waals surface area contributed by atoms with E-state index in [0.717, 1.165) is 11.3 Å². The first kappa shape index (κ1) is 24.5. The number of hydrogen-bond donors (Lipinski definition) is 2. The van der Waals surface area contributed by atoms with Gasteiger partial charge in [0.2, 0.25) is 0 Å². The van der Waals surface area contributed by atoms with Crippen molar-refractivity contribution in [2.75, 3.05) is 23.8 Å². The molecule has 0 aliphatic carbocycles. The zero-order valence-electron chi connectivity index (χ0n) is 16.6. The molecule has 1 heterocycles. The fourth-order valence-electron chi connectivity index (χ4n) is 2.50. The van der Waals surface area contributed by atoms with Gasteiger partial charge in [0.25, 0.3) is 0 Å². The van der Waals surface area contributed by atoms with Crippen molar-refractivity contribution in [3.05, 3.63) is 45.6 Å². The average Bonchev–Trinajstić information content (AvgIpc) is 2.99. The molecule has 12 heteroatoms. The Hall–Kier alpha value is -2.73. The maximum Gasteiger partial charge on any atom is 0.416 e. The van der Waals surface area contributed by atoms with Crippen LogP contribution in [0.3, 0.4) is 0 Å². The van der Waals surface area contributed by atoms with Crippen LogP contribution in [0, 0.1) is 12.7 Å². The van der Waals surface area contributed by atoms with Gasteiger partial charge in [0.05, 0.1) is 30.0 Å². The second kappa shape index (κ2) is 10.1. The smallest absolute Gasteiger partial charge is 0.416 e. The standard InChI is InChI=1S/C19H18F4N2O4S2/c1-4-28-16(26)13-9(3)14(17(27)29-5-2)31-15(13)25-18(30)24-12-8-10(19(21,22)23)6-7-11(12)20/h6-8H,4-5H2,1-3H3,(H2,24,25,30). The second-order valence-corrected chi connectivity index (χ2v) is 7.40. The largest absolute Gasteiger partial charge is 0.462 e. The van der Waals surface area contributed by atoms with Crippen molar-refractivity contribution in [3.8, 4) is 0 Å². The number of alkyl halides is 3. The van der Waals surface area contributed by atoms with Gasteiger partial charge in [-0.25, -0.2) is 14.0 Å². The Kier molecular flexibility index (Phi) is 7.96. The minimum atomic E-state index is -4.67. The Labute approximate surface area is 184 Å². The van der Waals surface area contributed by atoms with E-state index in [0.29, 0.717) is 18.2 Å². The third-order valence-electron chi connectivity index (χ3n) is 3.86. The van der Waals surface area contributed by atoms with Gasteiger partial charge in [-0.2, -0.15) is 13.2 Å². The molecule has 1 aromatic carbocycles. The van der Waals surface area contributed by atoms with E-state index in [-0.39, 0.29) is 39.3 Å². The van der Waals surface area contributed by atoms with Gasteiger partial charge >= 0.3 is 18.1 Å². The van der Waals surface area contributed by atoms with E-state index >= 15 is 0 Å². The number of thiophene rings is 1. The van der Waals surface area contributed by atoms with Gasteiger partial charge in [-0.15, -0.1) is 11.3 Å². The van der Waals surface area contributed by atoms with Crippen LogP contribution in [0.4, 0.5) is 28.3 Å². The fourth-order valence-corrected chi connectivity index (χ4v) is 3.87. The van der Waals surface area contributed by atoms with E-state index in [1.807, 2.05) is 0 Å². The normalized spacial score (nSPS) is 11.1. The van der Waals surface area contributed by atoms with Crippen LogP contribution in [0.15, 0.2) is 18.2 Å². The molecule has 0 atom stereocenters. The van der Waals surface area contributed by atoms with Crippen molar-refractivity contribution in [1.82, 2.24) is 0 Å². The number of ether oxygens (including phenoxy) is 2. The van der Waals surface area contributed by atoms with Crippen LogP contribution in [0.2, 0.25) is 0 Å². The van der Waals surface area contributed by atoms with Crippen molar-refractivity contribution < 1.29 is 36.6 Å². The molecule has 0 bridgehead atoms. The summed E-state index contributed by atoms with van der Waals surface area (Å²) in [5, 5.41) is 4.77. The molecule has 2 aromatic rings. The number of halogens is 4. The van der Waals surface area contributed by atoms with Gasteiger partial charge in [0, 0.05) is 0 Å². The molecule has 2 N–H and O–H groups in total. The molecule has 0 saturated heterocycles. The Bertz CT molecular complexity index is 1010. The lowest BCUT2D eigenvalue weighted by Crippen LogP contribution is -2.21. The maximum atomic E-state index is 14.0. The summed E-state index contributed by atoms with van der Waals surface area (Å²) < 4.78 is 62.6. The van der Waals surface area contributed by atoms with Crippen LogP contribution in [-0.2, 0) is 15.7 Å². The minimum absolute atomic E-state index is 0.0172. The number of esters is 2. The quantitative estimate of drug-likeness (QED) is 0.328.